The van der Waals surface area contributed by atoms with Crippen LogP contribution in [0.5, 0.6) is 0 Å². The van der Waals surface area contributed by atoms with Crippen LogP contribution in [-0.2, 0) is 4.79 Å². The highest BCUT2D eigenvalue weighted by Gasteiger charge is 2.54. The third-order valence-corrected chi connectivity index (χ3v) is 4.97. The number of nitrogens with two attached hydrogens (primary N) is 1. The Morgan fingerprint density at radius 2 is 2.29 bits per heavy atom. The zero-order valence-corrected chi connectivity index (χ0v) is 11.4. The molecule has 0 aromatic carbocycles. The minimum atomic E-state index is 0.211. The Morgan fingerprint density at radius 1 is 1.59 bits per heavy atom. The lowest BCUT2D eigenvalue weighted by molar-refractivity contribution is -0.135. The Morgan fingerprint density at radius 3 is 2.82 bits per heavy atom. The van der Waals surface area contributed by atoms with Crippen molar-refractivity contribution in [3.8, 4) is 0 Å². The summed E-state index contributed by atoms with van der Waals surface area (Å²) >= 11 is 0. The summed E-state index contributed by atoms with van der Waals surface area (Å²) in [5.74, 6) is 1.18. The van der Waals surface area contributed by atoms with Crippen LogP contribution >= 0.6 is 0 Å². The van der Waals surface area contributed by atoms with E-state index in [9.17, 15) is 4.79 Å². The number of piperidine rings is 1. The molecular formula is C14H26N2O. The molecule has 2 aliphatic rings. The molecule has 2 N–H and O–H groups in total. The maximum absolute atomic E-state index is 12.4. The van der Waals surface area contributed by atoms with Crippen molar-refractivity contribution in [2.45, 2.75) is 52.5 Å². The van der Waals surface area contributed by atoms with Gasteiger partial charge >= 0.3 is 0 Å². The zero-order valence-electron chi connectivity index (χ0n) is 11.4. The fraction of sp³-hybridized carbons (Fsp3) is 0.929. The van der Waals surface area contributed by atoms with Crippen LogP contribution in [0.25, 0.3) is 0 Å². The molecule has 1 heterocycles. The van der Waals surface area contributed by atoms with Gasteiger partial charge in [0, 0.05) is 25.0 Å². The molecule has 0 unspecified atom stereocenters. The summed E-state index contributed by atoms with van der Waals surface area (Å²) in [6.45, 7) is 8.31. The molecule has 0 aromatic rings. The highest BCUT2D eigenvalue weighted by molar-refractivity contribution is 5.82. The van der Waals surface area contributed by atoms with Crippen molar-refractivity contribution in [1.82, 2.24) is 4.90 Å². The minimum absolute atomic E-state index is 0.211. The minimum Gasteiger partial charge on any atom is -0.342 e. The largest absolute Gasteiger partial charge is 0.342 e. The lowest BCUT2D eigenvalue weighted by Crippen LogP contribution is -2.46. The van der Waals surface area contributed by atoms with Crippen LogP contribution < -0.4 is 5.73 Å². The molecule has 3 nitrogen and oxygen atoms in total. The van der Waals surface area contributed by atoms with Gasteiger partial charge in [-0.15, -0.1) is 0 Å². The Labute approximate surface area is 105 Å². The summed E-state index contributed by atoms with van der Waals surface area (Å²) in [4.78, 5) is 14.5. The number of hydrogen-bond acceptors (Lipinski definition) is 2. The van der Waals surface area contributed by atoms with E-state index in [-0.39, 0.29) is 6.04 Å². The van der Waals surface area contributed by atoms with E-state index in [1.54, 1.807) is 0 Å². The van der Waals surface area contributed by atoms with E-state index < -0.39 is 0 Å². The van der Waals surface area contributed by atoms with E-state index in [2.05, 4.69) is 25.7 Å². The second-order valence-electron chi connectivity index (χ2n) is 6.31. The average molecular weight is 238 g/mol. The summed E-state index contributed by atoms with van der Waals surface area (Å²) in [5, 5.41) is 0. The molecule has 1 saturated heterocycles. The molecule has 2 rings (SSSR count). The van der Waals surface area contributed by atoms with E-state index in [0.717, 1.165) is 32.4 Å². The Kier molecular flexibility index (Phi) is 3.48. The van der Waals surface area contributed by atoms with Gasteiger partial charge in [0.1, 0.15) is 0 Å². The number of carbonyl (C=O) groups excluding carboxylic acids is 1. The van der Waals surface area contributed by atoms with Crippen LogP contribution in [0, 0.1) is 17.3 Å². The van der Waals surface area contributed by atoms with E-state index in [1.807, 2.05) is 0 Å². The molecule has 2 fully saturated rings. The van der Waals surface area contributed by atoms with Crippen LogP contribution in [0.4, 0.5) is 0 Å². The SMILES string of the molecule is CC[C@]1(C)C[C@@H]1C(=O)N1CCC[C@H]([C@H](C)N)C1. The van der Waals surface area contributed by atoms with Gasteiger partial charge < -0.3 is 10.6 Å². The molecule has 0 aromatic heterocycles. The van der Waals surface area contributed by atoms with E-state index in [1.165, 1.54) is 6.42 Å². The average Bonchev–Trinajstić information content (AvgIpc) is 3.01. The summed E-state index contributed by atoms with van der Waals surface area (Å²) in [5.41, 5.74) is 6.25. The van der Waals surface area contributed by atoms with E-state index in [4.69, 9.17) is 5.73 Å². The van der Waals surface area contributed by atoms with Gasteiger partial charge in [0.2, 0.25) is 5.91 Å². The number of likely N-dealkylation sites (tertiary alicyclic amines) is 1. The van der Waals surface area contributed by atoms with Gasteiger partial charge in [0.05, 0.1) is 0 Å². The molecule has 1 saturated carbocycles. The zero-order chi connectivity index (χ0) is 12.6. The molecule has 3 heteroatoms. The second kappa shape index (κ2) is 4.60. The maximum atomic E-state index is 12.4. The summed E-state index contributed by atoms with van der Waals surface area (Å²) in [6, 6.07) is 0.211. The Hall–Kier alpha value is -0.570. The van der Waals surface area contributed by atoms with E-state index in [0.29, 0.717) is 23.2 Å². The molecular weight excluding hydrogens is 212 g/mol. The van der Waals surface area contributed by atoms with Crippen LogP contribution in [0.1, 0.15) is 46.5 Å². The lowest BCUT2D eigenvalue weighted by atomic mass is 9.91. The number of hydrogen-bond donors (Lipinski definition) is 1. The van der Waals surface area contributed by atoms with Crippen LogP contribution in [-0.4, -0.2) is 29.9 Å². The Balaban J connectivity index is 1.92. The van der Waals surface area contributed by atoms with Gasteiger partial charge in [-0.2, -0.15) is 0 Å². The lowest BCUT2D eigenvalue weighted by Gasteiger charge is -2.35. The smallest absolute Gasteiger partial charge is 0.226 e. The summed E-state index contributed by atoms with van der Waals surface area (Å²) < 4.78 is 0. The molecule has 0 bridgehead atoms. The van der Waals surface area contributed by atoms with Crippen LogP contribution in [0.2, 0.25) is 0 Å². The first-order chi connectivity index (χ1) is 7.98. The first-order valence-electron chi connectivity index (χ1n) is 7.02. The maximum Gasteiger partial charge on any atom is 0.226 e. The topological polar surface area (TPSA) is 46.3 Å². The molecule has 4 atom stereocenters. The highest BCUT2D eigenvalue weighted by atomic mass is 16.2. The number of nitrogens with zero attached hydrogens (tertiary/aromatic N) is 1. The quantitative estimate of drug-likeness (QED) is 0.817. The Bertz CT molecular complexity index is 303. The molecule has 0 spiro atoms. The van der Waals surface area contributed by atoms with Gasteiger partial charge in [0.25, 0.3) is 0 Å². The standard InChI is InChI=1S/C14H26N2O/c1-4-14(3)8-12(14)13(17)16-7-5-6-11(9-16)10(2)15/h10-12H,4-9,15H2,1-3H3/t10-,11-,12+,14+/m0/s1. The fourth-order valence-corrected chi connectivity index (χ4v) is 3.04. The van der Waals surface area contributed by atoms with Crippen molar-refractivity contribution >= 4 is 5.91 Å². The predicted octanol–water partition coefficient (Wildman–Crippen LogP) is 2.01. The normalized spacial score (nSPS) is 38.9. The third kappa shape index (κ3) is 2.49. The van der Waals surface area contributed by atoms with Crippen molar-refractivity contribution in [3.63, 3.8) is 0 Å². The third-order valence-electron chi connectivity index (χ3n) is 4.97. The van der Waals surface area contributed by atoms with Gasteiger partial charge in [-0.3, -0.25) is 4.79 Å². The molecule has 17 heavy (non-hydrogen) atoms. The molecule has 1 aliphatic heterocycles. The van der Waals surface area contributed by atoms with Crippen molar-refractivity contribution < 1.29 is 4.79 Å². The van der Waals surface area contributed by atoms with Crippen LogP contribution in [0.3, 0.4) is 0 Å². The first kappa shape index (κ1) is 12.9. The number of amides is 1. The van der Waals surface area contributed by atoms with Gasteiger partial charge in [0.15, 0.2) is 0 Å². The number of rotatable bonds is 3. The molecule has 1 amide bonds. The monoisotopic (exact) mass is 238 g/mol. The number of carbonyl (C=O) groups is 1. The van der Waals surface area contributed by atoms with Crippen molar-refractivity contribution in [2.24, 2.45) is 23.0 Å². The summed E-state index contributed by atoms with van der Waals surface area (Å²) in [6.07, 6.45) is 4.50. The molecule has 98 valence electrons. The van der Waals surface area contributed by atoms with E-state index >= 15 is 0 Å². The summed E-state index contributed by atoms with van der Waals surface area (Å²) in [7, 11) is 0. The highest BCUT2D eigenvalue weighted by Crippen LogP contribution is 2.55. The van der Waals surface area contributed by atoms with Crippen molar-refractivity contribution in [2.75, 3.05) is 13.1 Å². The molecule has 0 radical (unpaired) electrons. The second-order valence-corrected chi connectivity index (χ2v) is 6.31. The predicted molar refractivity (Wildman–Crippen MR) is 69.5 cm³/mol. The fourth-order valence-electron chi connectivity index (χ4n) is 3.04. The van der Waals surface area contributed by atoms with Crippen LogP contribution in [0.15, 0.2) is 0 Å². The van der Waals surface area contributed by atoms with Gasteiger partial charge in [-0.05, 0) is 43.9 Å². The first-order valence-corrected chi connectivity index (χ1v) is 7.02. The van der Waals surface area contributed by atoms with Gasteiger partial charge in [-0.1, -0.05) is 13.8 Å². The van der Waals surface area contributed by atoms with Crippen molar-refractivity contribution in [1.29, 1.82) is 0 Å². The molecule has 1 aliphatic carbocycles. The van der Waals surface area contributed by atoms with Crippen molar-refractivity contribution in [3.05, 3.63) is 0 Å². The van der Waals surface area contributed by atoms with Gasteiger partial charge in [-0.25, -0.2) is 0 Å².